The summed E-state index contributed by atoms with van der Waals surface area (Å²) >= 11 is 0. The van der Waals surface area contributed by atoms with E-state index in [1.165, 1.54) is 29.6 Å². The molecular weight excluding hydrogens is 372 g/mol. The molecule has 0 bridgehead atoms. The van der Waals surface area contributed by atoms with Gasteiger partial charge in [0.2, 0.25) is 0 Å². The lowest BCUT2D eigenvalue weighted by Crippen LogP contribution is -1.90. The number of benzene rings is 1. The number of allylic oxidation sites excluding steroid dienone is 17. The molecule has 0 heteroatoms. The Morgan fingerprint density at radius 2 is 1.45 bits per heavy atom. The first-order chi connectivity index (χ1) is 15.1. The standard InChI is InChI=1S/C18H22.C13H14/c1-6-11-13-16(8-3)14-15-18(10-5)17(9-4)12-7-2;1-11-7-9-13(10-8-11)12-5-3-2-4-6-12/h6-15H,3-5H2,1-2H3;2-7,9H,8,10H2,1H3/b11-6+,12-7+,15-14-,16-13+,18-17-;. The van der Waals surface area contributed by atoms with E-state index in [1.807, 2.05) is 74.6 Å². The van der Waals surface area contributed by atoms with Gasteiger partial charge < -0.3 is 0 Å². The van der Waals surface area contributed by atoms with E-state index in [1.54, 1.807) is 0 Å². The van der Waals surface area contributed by atoms with Crippen molar-refractivity contribution in [1.82, 2.24) is 0 Å². The van der Waals surface area contributed by atoms with Crippen LogP contribution in [0.4, 0.5) is 0 Å². The van der Waals surface area contributed by atoms with Gasteiger partial charge in [-0.2, -0.15) is 0 Å². The highest BCUT2D eigenvalue weighted by Crippen LogP contribution is 2.25. The molecule has 2 rings (SSSR count). The van der Waals surface area contributed by atoms with Crippen molar-refractivity contribution < 1.29 is 0 Å². The Balaban J connectivity index is 0.000000323. The van der Waals surface area contributed by atoms with Crippen molar-refractivity contribution in [2.75, 3.05) is 0 Å². The van der Waals surface area contributed by atoms with Gasteiger partial charge in [0, 0.05) is 0 Å². The monoisotopic (exact) mass is 408 g/mol. The van der Waals surface area contributed by atoms with Crippen molar-refractivity contribution in [3.05, 3.63) is 151 Å². The van der Waals surface area contributed by atoms with E-state index < -0.39 is 0 Å². The second-order valence-corrected chi connectivity index (χ2v) is 7.12. The molecule has 1 aromatic rings. The maximum atomic E-state index is 3.83. The van der Waals surface area contributed by atoms with Crippen molar-refractivity contribution in [1.29, 1.82) is 0 Å². The number of rotatable bonds is 8. The molecule has 0 fully saturated rings. The molecule has 0 aromatic heterocycles. The first kappa shape index (κ1) is 25.7. The van der Waals surface area contributed by atoms with E-state index >= 15 is 0 Å². The van der Waals surface area contributed by atoms with Crippen molar-refractivity contribution in [3.8, 4) is 0 Å². The number of hydrogen-bond donors (Lipinski definition) is 0. The summed E-state index contributed by atoms with van der Waals surface area (Å²) in [6.07, 6.45) is 26.3. The molecule has 1 aliphatic rings. The van der Waals surface area contributed by atoms with Crippen LogP contribution in [-0.2, 0) is 0 Å². The van der Waals surface area contributed by atoms with E-state index in [4.69, 9.17) is 0 Å². The summed E-state index contributed by atoms with van der Waals surface area (Å²) in [4.78, 5) is 0. The fourth-order valence-corrected chi connectivity index (χ4v) is 2.96. The van der Waals surface area contributed by atoms with E-state index in [9.17, 15) is 0 Å². The average Bonchev–Trinajstić information content (AvgIpc) is 2.82. The van der Waals surface area contributed by atoms with Crippen molar-refractivity contribution in [2.45, 2.75) is 33.6 Å². The zero-order valence-corrected chi connectivity index (χ0v) is 19.4. The molecule has 31 heavy (non-hydrogen) atoms. The van der Waals surface area contributed by atoms with Crippen LogP contribution in [0.25, 0.3) is 5.57 Å². The minimum atomic E-state index is 1.04. The Bertz CT molecular complexity index is 935. The molecule has 0 saturated heterocycles. The highest BCUT2D eigenvalue weighted by atomic mass is 14.1. The van der Waals surface area contributed by atoms with Crippen LogP contribution in [-0.4, -0.2) is 0 Å². The van der Waals surface area contributed by atoms with Gasteiger partial charge in [-0.25, -0.2) is 0 Å². The van der Waals surface area contributed by atoms with Crippen LogP contribution in [0.1, 0.15) is 39.2 Å². The second-order valence-electron chi connectivity index (χ2n) is 7.12. The fourth-order valence-electron chi connectivity index (χ4n) is 2.96. The first-order valence-electron chi connectivity index (χ1n) is 10.8. The molecule has 0 saturated carbocycles. The molecule has 0 N–H and O–H groups in total. The van der Waals surface area contributed by atoms with E-state index in [2.05, 4.69) is 69.1 Å². The quantitative estimate of drug-likeness (QED) is 0.376. The molecule has 0 heterocycles. The van der Waals surface area contributed by atoms with Gasteiger partial charge in [-0.05, 0) is 61.5 Å². The third kappa shape index (κ3) is 9.78. The third-order valence-corrected chi connectivity index (χ3v) is 4.79. The molecule has 0 nitrogen and oxygen atoms in total. The summed E-state index contributed by atoms with van der Waals surface area (Å²) in [7, 11) is 0. The average molecular weight is 409 g/mol. The SMILES string of the molecule is C=CC(/C=C\C(C=C)=C\C=C\C)=C(C=C)/C=C/C.CC1=CC=C(c2ccccc2)CC1. The highest BCUT2D eigenvalue weighted by molar-refractivity contribution is 5.68. The molecule has 1 aromatic carbocycles. The lowest BCUT2D eigenvalue weighted by molar-refractivity contribution is 0.977. The largest absolute Gasteiger partial charge is 0.0985 e. The minimum absolute atomic E-state index is 1.04. The van der Waals surface area contributed by atoms with Gasteiger partial charge >= 0.3 is 0 Å². The predicted octanol–water partition coefficient (Wildman–Crippen LogP) is 9.29. The summed E-state index contributed by atoms with van der Waals surface area (Å²) in [5.74, 6) is 0. The van der Waals surface area contributed by atoms with Crippen molar-refractivity contribution >= 4 is 5.57 Å². The van der Waals surface area contributed by atoms with E-state index in [0.29, 0.717) is 0 Å². The Labute approximate surface area is 190 Å². The van der Waals surface area contributed by atoms with Crippen LogP contribution in [0.15, 0.2) is 145 Å². The molecule has 1 aliphatic carbocycles. The smallest absolute Gasteiger partial charge is 0.0190 e. The summed E-state index contributed by atoms with van der Waals surface area (Å²) in [5, 5.41) is 0. The Morgan fingerprint density at radius 3 is 1.97 bits per heavy atom. The molecule has 160 valence electrons. The normalized spacial score (nSPS) is 15.1. The van der Waals surface area contributed by atoms with E-state index in [-0.39, 0.29) is 0 Å². The van der Waals surface area contributed by atoms with Gasteiger partial charge in [0.1, 0.15) is 0 Å². The van der Waals surface area contributed by atoms with Gasteiger partial charge in [-0.1, -0.05) is 129 Å². The maximum Gasteiger partial charge on any atom is -0.0190 e. The summed E-state index contributed by atoms with van der Waals surface area (Å²) in [5.41, 5.74) is 7.46. The van der Waals surface area contributed by atoms with Crippen LogP contribution in [0.5, 0.6) is 0 Å². The molecule has 0 radical (unpaired) electrons. The van der Waals surface area contributed by atoms with Gasteiger partial charge in [0.15, 0.2) is 0 Å². The Kier molecular flexibility index (Phi) is 12.8. The summed E-state index contributed by atoms with van der Waals surface area (Å²) in [6, 6.07) is 10.6. The summed E-state index contributed by atoms with van der Waals surface area (Å²) < 4.78 is 0. The van der Waals surface area contributed by atoms with Gasteiger partial charge in [-0.15, -0.1) is 0 Å². The molecule has 0 aliphatic heterocycles. The Hall–Kier alpha value is -3.38. The Morgan fingerprint density at radius 1 is 0.774 bits per heavy atom. The van der Waals surface area contributed by atoms with Crippen LogP contribution in [0, 0.1) is 0 Å². The molecule has 0 atom stereocenters. The van der Waals surface area contributed by atoms with Crippen LogP contribution >= 0.6 is 0 Å². The van der Waals surface area contributed by atoms with Crippen LogP contribution < -0.4 is 0 Å². The minimum Gasteiger partial charge on any atom is -0.0985 e. The summed E-state index contributed by atoms with van der Waals surface area (Å²) in [6.45, 7) is 17.6. The first-order valence-corrected chi connectivity index (χ1v) is 10.8. The van der Waals surface area contributed by atoms with Crippen molar-refractivity contribution in [3.63, 3.8) is 0 Å². The van der Waals surface area contributed by atoms with E-state index in [0.717, 1.165) is 16.7 Å². The molecular formula is C31H36. The lowest BCUT2D eigenvalue weighted by Gasteiger charge is -2.11. The van der Waals surface area contributed by atoms with Gasteiger partial charge in [0.05, 0.1) is 0 Å². The topological polar surface area (TPSA) is 0 Å². The molecule has 0 spiro atoms. The number of hydrogen-bond acceptors (Lipinski definition) is 0. The third-order valence-electron chi connectivity index (χ3n) is 4.79. The zero-order chi connectivity index (χ0) is 22.9. The molecule has 0 amide bonds. The fraction of sp³-hybridized carbons (Fsp3) is 0.161. The molecule has 0 unspecified atom stereocenters. The highest BCUT2D eigenvalue weighted by Gasteiger charge is 2.04. The van der Waals surface area contributed by atoms with Gasteiger partial charge in [0.25, 0.3) is 0 Å². The van der Waals surface area contributed by atoms with Gasteiger partial charge in [-0.3, -0.25) is 0 Å². The van der Waals surface area contributed by atoms with Crippen LogP contribution in [0.3, 0.4) is 0 Å². The lowest BCUT2D eigenvalue weighted by atomic mass is 9.94. The maximum absolute atomic E-state index is 3.83. The second kappa shape index (κ2) is 15.5. The zero-order valence-electron chi connectivity index (χ0n) is 19.4. The predicted molar refractivity (Wildman–Crippen MR) is 142 cm³/mol. The van der Waals surface area contributed by atoms with Crippen molar-refractivity contribution in [2.24, 2.45) is 0 Å². The van der Waals surface area contributed by atoms with Crippen LogP contribution in [0.2, 0.25) is 0 Å².